The summed E-state index contributed by atoms with van der Waals surface area (Å²) in [7, 11) is -0.832. The van der Waals surface area contributed by atoms with Gasteiger partial charge in [-0.05, 0) is 104 Å². The molecule has 3 saturated heterocycles. The van der Waals surface area contributed by atoms with Crippen molar-refractivity contribution in [2.45, 2.75) is 88.4 Å². The molecule has 5 aromatic rings. The van der Waals surface area contributed by atoms with Crippen molar-refractivity contribution in [3.63, 3.8) is 0 Å². The van der Waals surface area contributed by atoms with Crippen LogP contribution in [0.1, 0.15) is 67.3 Å². The third kappa shape index (κ3) is 9.31. The lowest BCUT2D eigenvalue weighted by Gasteiger charge is -2.37. The summed E-state index contributed by atoms with van der Waals surface area (Å²) in [5.74, 6) is -0.281. The van der Waals surface area contributed by atoms with Gasteiger partial charge in [-0.3, -0.25) is 19.1 Å². The summed E-state index contributed by atoms with van der Waals surface area (Å²) in [6.45, 7) is 10.6. The molecule has 4 aromatic carbocycles. The molecule has 0 bridgehead atoms. The number of aliphatic hydroxyl groups is 1. The van der Waals surface area contributed by atoms with Gasteiger partial charge >= 0.3 is 0 Å². The van der Waals surface area contributed by atoms with Gasteiger partial charge in [0.15, 0.2) is 5.60 Å². The van der Waals surface area contributed by atoms with Crippen LogP contribution in [0.5, 0.6) is 5.75 Å². The van der Waals surface area contributed by atoms with Crippen LogP contribution in [-0.2, 0) is 37.8 Å². The van der Waals surface area contributed by atoms with Crippen LogP contribution in [0.2, 0.25) is 18.6 Å². The third-order valence-electron chi connectivity index (χ3n) is 14.9. The van der Waals surface area contributed by atoms with E-state index >= 15 is 4.79 Å². The van der Waals surface area contributed by atoms with E-state index in [4.69, 9.17) is 9.47 Å². The number of amides is 3. The van der Waals surface area contributed by atoms with Gasteiger partial charge in [0, 0.05) is 48.7 Å². The van der Waals surface area contributed by atoms with E-state index in [0.29, 0.717) is 43.1 Å². The van der Waals surface area contributed by atoms with Crippen LogP contribution < -0.4 is 36.1 Å². The number of nitrogens with zero attached hydrogens (tertiary/aromatic N) is 4. The average molecular weight is 925 g/mol. The summed E-state index contributed by atoms with van der Waals surface area (Å²) >= 11 is 0. The van der Waals surface area contributed by atoms with Gasteiger partial charge in [-0.2, -0.15) is 0 Å². The Morgan fingerprint density at radius 1 is 0.910 bits per heavy atom. The van der Waals surface area contributed by atoms with Gasteiger partial charge < -0.3 is 40.7 Å². The minimum Gasteiger partial charge on any atom is -0.497 e. The Kier molecular flexibility index (Phi) is 13.8. The van der Waals surface area contributed by atoms with Crippen molar-refractivity contribution < 1.29 is 29.0 Å². The molecule has 4 aliphatic heterocycles. The van der Waals surface area contributed by atoms with Crippen LogP contribution in [0.3, 0.4) is 0 Å². The van der Waals surface area contributed by atoms with E-state index in [1.807, 2.05) is 101 Å². The Morgan fingerprint density at radius 3 is 2.24 bits per heavy atom. The number of hydrogen-bond acceptors (Lipinski definition) is 10. The Bertz CT molecular complexity index is 2540. The molecule has 0 aliphatic carbocycles. The number of fused-ring (bicyclic) bond motifs is 2. The van der Waals surface area contributed by atoms with E-state index in [0.717, 1.165) is 66.9 Å². The molecule has 1 spiro atoms. The first-order chi connectivity index (χ1) is 32.5. The van der Waals surface area contributed by atoms with Crippen LogP contribution in [-0.4, -0.2) is 91.9 Å². The van der Waals surface area contributed by atoms with Crippen molar-refractivity contribution in [1.82, 2.24) is 25.6 Å². The van der Waals surface area contributed by atoms with Gasteiger partial charge in [-0.15, -0.1) is 5.10 Å². The fourth-order valence-corrected chi connectivity index (χ4v) is 15.3. The van der Waals surface area contributed by atoms with E-state index in [1.54, 1.807) is 7.11 Å². The second-order valence-electron chi connectivity index (χ2n) is 19.4. The Labute approximate surface area is 394 Å². The van der Waals surface area contributed by atoms with Gasteiger partial charge in [-0.1, -0.05) is 85.0 Å². The summed E-state index contributed by atoms with van der Waals surface area (Å²) in [6.07, 6.45) is 5.63. The number of aryl methyl sites for hydroxylation is 1. The number of carbonyl (C=O) groups is 3. The van der Waals surface area contributed by atoms with Gasteiger partial charge in [0.2, 0.25) is 11.8 Å². The molecule has 14 nitrogen and oxygen atoms in total. The molecule has 3 amide bonds. The van der Waals surface area contributed by atoms with E-state index < -0.39 is 13.7 Å². The van der Waals surface area contributed by atoms with Gasteiger partial charge in [0.25, 0.3) is 5.91 Å². The second kappa shape index (κ2) is 19.9. The van der Waals surface area contributed by atoms with Crippen molar-refractivity contribution in [1.29, 1.82) is 0 Å². The number of hydrogen-bond donors (Lipinski definition) is 5. The van der Waals surface area contributed by atoms with Crippen LogP contribution in [0.4, 0.5) is 17.1 Å². The quantitative estimate of drug-likeness (QED) is 0.0769. The lowest BCUT2D eigenvalue weighted by Crippen LogP contribution is -2.51. The number of benzene rings is 4. The van der Waals surface area contributed by atoms with E-state index in [9.17, 15) is 14.7 Å². The number of carbonyl (C=O) groups excluding carboxylic acids is 3. The van der Waals surface area contributed by atoms with Crippen LogP contribution in [0.15, 0.2) is 103 Å². The summed E-state index contributed by atoms with van der Waals surface area (Å²) < 4.78 is 14.9. The summed E-state index contributed by atoms with van der Waals surface area (Å²) in [4.78, 5) is 44.6. The third-order valence-corrected chi connectivity index (χ3v) is 19.3. The smallest absolute Gasteiger partial charge is 0.264 e. The molecule has 5 N–H and O–H groups in total. The molecule has 0 saturated carbocycles. The molecular weight excluding hydrogens is 861 g/mol. The van der Waals surface area contributed by atoms with E-state index in [-0.39, 0.29) is 66.2 Å². The molecule has 9 rings (SSSR count). The first kappa shape index (κ1) is 46.4. The first-order valence-corrected chi connectivity index (χ1v) is 27.0. The normalized spacial score (nSPS) is 24.3. The van der Waals surface area contributed by atoms with Crippen LogP contribution >= 0.6 is 0 Å². The van der Waals surface area contributed by atoms with Crippen LogP contribution in [0.25, 0.3) is 0 Å². The highest BCUT2D eigenvalue weighted by Gasteiger charge is 2.66. The van der Waals surface area contributed by atoms with Gasteiger partial charge in [0.1, 0.15) is 5.75 Å². The topological polar surface area (TPSA) is 172 Å². The highest BCUT2D eigenvalue weighted by molar-refractivity contribution is 6.91. The Hall–Kier alpha value is -5.71. The fraction of sp³-hybridized carbons (Fsp3) is 0.442. The Morgan fingerprint density at radius 2 is 1.60 bits per heavy atom. The number of rotatable bonds is 15. The van der Waals surface area contributed by atoms with E-state index in [1.165, 1.54) is 5.19 Å². The lowest BCUT2D eigenvalue weighted by molar-refractivity contribution is -0.146. The van der Waals surface area contributed by atoms with Crippen molar-refractivity contribution in [2.75, 3.05) is 55.4 Å². The maximum atomic E-state index is 15.8. The molecule has 15 heteroatoms. The predicted molar refractivity (Wildman–Crippen MR) is 262 cm³/mol. The first-order valence-electron chi connectivity index (χ1n) is 24.0. The lowest BCUT2D eigenvalue weighted by atomic mass is 9.82. The fourth-order valence-electron chi connectivity index (χ4n) is 11.3. The average Bonchev–Trinajstić information content (AvgIpc) is 4.02. The minimum absolute atomic E-state index is 0.00934. The number of piperidine rings is 2. The maximum Gasteiger partial charge on any atom is 0.264 e. The molecule has 352 valence electrons. The molecule has 1 aromatic heterocycles. The molecular formula is C52H64N8O6Si. The van der Waals surface area contributed by atoms with Gasteiger partial charge in [0.05, 0.1) is 63.6 Å². The summed E-state index contributed by atoms with van der Waals surface area (Å²) in [5.41, 5.74) is 3.86. The SMILES string of the molecule is COc1ccc([Si](C)(C)[C@@H]2[C@@H](CCn3cc(C(CO)c4ccccc4)nn3)O[C@]3(C(=O)N(Cc4cccc(NC(=O)C5CCCNC5)c4)c4ccc(NC(=O)C5CCCNC5)cc43)[C@H]2C)cc1. The molecule has 3 fully saturated rings. The van der Waals surface area contributed by atoms with Crippen molar-refractivity contribution in [2.24, 2.45) is 17.8 Å². The summed E-state index contributed by atoms with van der Waals surface area (Å²) in [5, 5.41) is 33.7. The predicted octanol–water partition coefficient (Wildman–Crippen LogP) is 6.14. The molecule has 4 aliphatic rings. The number of methoxy groups -OCH3 is 1. The van der Waals surface area contributed by atoms with Gasteiger partial charge in [-0.25, -0.2) is 0 Å². The van der Waals surface area contributed by atoms with Crippen molar-refractivity contribution >= 4 is 48.0 Å². The minimum atomic E-state index is -2.50. The van der Waals surface area contributed by atoms with E-state index in [2.05, 4.69) is 63.7 Å². The second-order valence-corrected chi connectivity index (χ2v) is 24.1. The number of aromatic nitrogens is 3. The zero-order chi connectivity index (χ0) is 46.7. The van der Waals surface area contributed by atoms with Crippen LogP contribution in [0, 0.1) is 17.8 Å². The number of nitrogens with one attached hydrogen (secondary N) is 4. The standard InChI is InChI=1S/C52H64N8O6Si/c1-34-48(67(3,4)42-20-18-41(65-2)19-21-42)47(23-26-59-32-45(57-58-59)43(33-61)36-12-6-5-7-13-36)66-52(34)44-28-40(56-50(63)38-15-10-25-54-30-38)17-22-46(44)60(51(52)64)31-35-11-8-16-39(27-35)55-49(62)37-14-9-24-53-29-37/h5-8,11-13,16-22,27-28,32,34,37-38,43,47-48,53-54,61H,9-10,14-15,23-26,29-31,33H2,1-4H3,(H,55,62)(H,56,63)/t34-,37?,38?,43?,47+,48-,52+/m0/s1. The molecule has 67 heavy (non-hydrogen) atoms. The zero-order valence-corrected chi connectivity index (χ0v) is 40.0. The molecule has 0 radical (unpaired) electrons. The molecule has 3 unspecified atom stereocenters. The molecule has 7 atom stereocenters. The maximum absolute atomic E-state index is 15.8. The Balaban J connectivity index is 1.07. The zero-order valence-electron chi connectivity index (χ0n) is 39.0. The van der Waals surface area contributed by atoms with Crippen molar-refractivity contribution in [3.05, 3.63) is 126 Å². The van der Waals surface area contributed by atoms with Crippen molar-refractivity contribution in [3.8, 4) is 5.75 Å². The molecule has 5 heterocycles. The summed E-state index contributed by atoms with van der Waals surface area (Å²) in [6, 6.07) is 31.7. The largest absolute Gasteiger partial charge is 0.497 e. The highest BCUT2D eigenvalue weighted by atomic mass is 28.3. The number of ether oxygens (including phenoxy) is 2. The highest BCUT2D eigenvalue weighted by Crippen LogP contribution is 2.60. The monoisotopic (exact) mass is 924 g/mol. The number of anilines is 3. The number of aliphatic hydroxyl groups excluding tert-OH is 1.